The third-order valence-electron chi connectivity index (χ3n) is 1.69. The summed E-state index contributed by atoms with van der Waals surface area (Å²) in [6, 6.07) is 0. The van der Waals surface area contributed by atoms with E-state index in [0.29, 0.717) is 0 Å². The van der Waals surface area contributed by atoms with Gasteiger partial charge in [-0.3, -0.25) is 19.2 Å². The second-order valence-corrected chi connectivity index (χ2v) is 3.27. The Balaban J connectivity index is -0.000000256. The number of nitrogens with two attached hydrogens (primary N) is 2. The largest absolute Gasteiger partial charge is 0.481 e. The fourth-order valence-corrected chi connectivity index (χ4v) is 0.697. The average Bonchev–Trinajstić information content (AvgIpc) is 2.33. The number of aliphatic carboxylic acids is 2. The molecular formula is C10H19ClN2O6. The fourth-order valence-electron chi connectivity index (χ4n) is 0.697. The second kappa shape index (κ2) is 14.6. The summed E-state index contributed by atoms with van der Waals surface area (Å²) in [4.78, 5) is 40.3. The van der Waals surface area contributed by atoms with Crippen LogP contribution in [0.4, 0.5) is 0 Å². The fraction of sp³-hybridized carbons (Fsp3) is 0.600. The van der Waals surface area contributed by atoms with Crippen LogP contribution < -0.4 is 11.5 Å². The maximum Gasteiger partial charge on any atom is 0.303 e. The van der Waals surface area contributed by atoms with E-state index in [4.69, 9.17) is 21.7 Å². The first kappa shape index (κ1) is 22.7. The van der Waals surface area contributed by atoms with Crippen molar-refractivity contribution in [2.45, 2.75) is 25.7 Å². The van der Waals surface area contributed by atoms with Gasteiger partial charge in [0.15, 0.2) is 0 Å². The lowest BCUT2D eigenvalue weighted by Crippen LogP contribution is -2.14. The van der Waals surface area contributed by atoms with E-state index in [1.807, 2.05) is 0 Å². The Bertz CT molecular complexity index is 278. The normalized spacial score (nSPS) is 8.53. The van der Waals surface area contributed by atoms with Gasteiger partial charge in [0.05, 0.1) is 25.9 Å². The Labute approximate surface area is 116 Å². The van der Waals surface area contributed by atoms with Crippen molar-refractivity contribution in [3.05, 3.63) is 0 Å². The molecule has 9 heteroatoms. The van der Waals surface area contributed by atoms with Gasteiger partial charge < -0.3 is 21.7 Å². The monoisotopic (exact) mass is 298 g/mol. The molecule has 0 bridgehead atoms. The first-order valence-electron chi connectivity index (χ1n) is 5.20. The zero-order valence-corrected chi connectivity index (χ0v) is 11.1. The molecule has 0 aromatic rings. The standard InChI is InChI=1S/2C5H9NO3.ClH/c2*6-3-4(7)1-2-5(8)9;/h2*1-3,6H2,(H,8,9);1H. The molecule has 0 aromatic carbocycles. The highest BCUT2D eigenvalue weighted by molar-refractivity contribution is 5.85. The molecule has 0 fully saturated rings. The molecule has 0 saturated heterocycles. The topological polar surface area (TPSA) is 161 Å². The van der Waals surface area contributed by atoms with Crippen molar-refractivity contribution < 1.29 is 29.4 Å². The van der Waals surface area contributed by atoms with E-state index in [9.17, 15) is 19.2 Å². The molecule has 0 aromatic heterocycles. The summed E-state index contributed by atoms with van der Waals surface area (Å²) in [5.74, 6) is -2.34. The van der Waals surface area contributed by atoms with Crippen LogP contribution in [0.5, 0.6) is 0 Å². The van der Waals surface area contributed by atoms with E-state index in [0.717, 1.165) is 0 Å². The summed E-state index contributed by atoms with van der Waals surface area (Å²) >= 11 is 0. The van der Waals surface area contributed by atoms with Crippen LogP contribution in [0.25, 0.3) is 0 Å². The number of ketones is 2. The Morgan fingerprint density at radius 3 is 1.11 bits per heavy atom. The van der Waals surface area contributed by atoms with Crippen LogP contribution in [0.15, 0.2) is 0 Å². The van der Waals surface area contributed by atoms with Gasteiger partial charge in [0, 0.05) is 12.8 Å². The van der Waals surface area contributed by atoms with E-state index >= 15 is 0 Å². The van der Waals surface area contributed by atoms with Gasteiger partial charge in [-0.05, 0) is 0 Å². The van der Waals surface area contributed by atoms with Crippen molar-refractivity contribution in [3.63, 3.8) is 0 Å². The molecule has 0 spiro atoms. The van der Waals surface area contributed by atoms with Crippen LogP contribution in [0.1, 0.15) is 25.7 Å². The molecule has 8 nitrogen and oxygen atoms in total. The molecule has 112 valence electrons. The van der Waals surface area contributed by atoms with E-state index in [1.165, 1.54) is 0 Å². The number of rotatable bonds is 8. The zero-order chi connectivity index (χ0) is 14.6. The Hall–Kier alpha value is -1.51. The molecule has 0 rings (SSSR count). The van der Waals surface area contributed by atoms with Crippen molar-refractivity contribution in [3.8, 4) is 0 Å². The third kappa shape index (κ3) is 22.2. The van der Waals surface area contributed by atoms with Crippen LogP contribution in [-0.4, -0.2) is 46.8 Å². The lowest BCUT2D eigenvalue weighted by molar-refractivity contribution is -0.139. The summed E-state index contributed by atoms with van der Waals surface area (Å²) in [6.07, 6.45) is -0.135. The molecule has 0 aliphatic carbocycles. The molecule has 0 saturated carbocycles. The SMILES string of the molecule is Cl.NCC(=O)CCC(=O)O.NCC(=O)CCC(=O)O. The van der Waals surface area contributed by atoms with Crippen molar-refractivity contribution >= 4 is 35.9 Å². The molecule has 0 aliphatic rings. The van der Waals surface area contributed by atoms with E-state index in [-0.39, 0.29) is 62.7 Å². The number of Topliss-reactive ketones (excluding diaryl/α,β-unsaturated/α-hetero) is 2. The molecule has 6 N–H and O–H groups in total. The van der Waals surface area contributed by atoms with Gasteiger partial charge in [0.1, 0.15) is 11.6 Å². The molecule has 0 radical (unpaired) electrons. The highest BCUT2D eigenvalue weighted by Gasteiger charge is 2.02. The average molecular weight is 299 g/mol. The number of carbonyl (C=O) groups excluding carboxylic acids is 2. The maximum absolute atomic E-state index is 10.3. The lowest BCUT2D eigenvalue weighted by Gasteiger charge is -1.90. The molecule has 0 aliphatic heterocycles. The Morgan fingerprint density at radius 1 is 0.684 bits per heavy atom. The molecule has 0 heterocycles. The maximum atomic E-state index is 10.3. The van der Waals surface area contributed by atoms with Crippen molar-refractivity contribution in [2.75, 3.05) is 13.1 Å². The predicted molar refractivity (Wildman–Crippen MR) is 69.1 cm³/mol. The van der Waals surface area contributed by atoms with Gasteiger partial charge in [0.2, 0.25) is 0 Å². The number of carboxylic acid groups (broad SMARTS) is 2. The zero-order valence-electron chi connectivity index (χ0n) is 10.3. The van der Waals surface area contributed by atoms with E-state index in [2.05, 4.69) is 0 Å². The van der Waals surface area contributed by atoms with Gasteiger partial charge in [-0.2, -0.15) is 0 Å². The summed E-state index contributed by atoms with van der Waals surface area (Å²) in [5.41, 5.74) is 9.83. The smallest absolute Gasteiger partial charge is 0.303 e. The van der Waals surface area contributed by atoms with Crippen molar-refractivity contribution in [1.82, 2.24) is 0 Å². The van der Waals surface area contributed by atoms with Crippen LogP contribution in [0.2, 0.25) is 0 Å². The highest BCUT2D eigenvalue weighted by atomic mass is 35.5. The first-order chi connectivity index (χ1) is 8.33. The number of carbonyl (C=O) groups is 4. The molecular weight excluding hydrogens is 280 g/mol. The predicted octanol–water partition coefficient (Wildman–Crippen LogP) is -0.820. The number of halogens is 1. The first-order valence-corrected chi connectivity index (χ1v) is 5.20. The highest BCUT2D eigenvalue weighted by Crippen LogP contribution is 1.88. The molecule has 19 heavy (non-hydrogen) atoms. The van der Waals surface area contributed by atoms with Gasteiger partial charge in [-0.15, -0.1) is 12.4 Å². The van der Waals surface area contributed by atoms with Crippen molar-refractivity contribution in [1.29, 1.82) is 0 Å². The number of carboxylic acids is 2. The van der Waals surface area contributed by atoms with Gasteiger partial charge in [-0.25, -0.2) is 0 Å². The summed E-state index contributed by atoms with van der Waals surface area (Å²) in [7, 11) is 0. The van der Waals surface area contributed by atoms with Crippen LogP contribution >= 0.6 is 12.4 Å². The van der Waals surface area contributed by atoms with Gasteiger partial charge >= 0.3 is 11.9 Å². The second-order valence-electron chi connectivity index (χ2n) is 3.27. The van der Waals surface area contributed by atoms with E-state index < -0.39 is 11.9 Å². The Kier molecular flexibility index (Phi) is 17.3. The summed E-state index contributed by atoms with van der Waals surface area (Å²) in [6.45, 7) is -0.124. The summed E-state index contributed by atoms with van der Waals surface area (Å²) in [5, 5.41) is 16.1. The number of hydrogen-bond donors (Lipinski definition) is 4. The summed E-state index contributed by atoms with van der Waals surface area (Å²) < 4.78 is 0. The molecule has 0 unspecified atom stereocenters. The van der Waals surface area contributed by atoms with E-state index in [1.54, 1.807) is 0 Å². The van der Waals surface area contributed by atoms with Crippen molar-refractivity contribution in [2.24, 2.45) is 11.5 Å². The minimum absolute atomic E-state index is 0. The van der Waals surface area contributed by atoms with Crippen LogP contribution in [0, 0.1) is 0 Å². The van der Waals surface area contributed by atoms with Gasteiger partial charge in [0.25, 0.3) is 0 Å². The minimum Gasteiger partial charge on any atom is -0.481 e. The lowest BCUT2D eigenvalue weighted by atomic mass is 10.2. The Morgan fingerprint density at radius 2 is 0.947 bits per heavy atom. The van der Waals surface area contributed by atoms with Crippen LogP contribution in [0.3, 0.4) is 0 Å². The minimum atomic E-state index is -0.961. The van der Waals surface area contributed by atoms with Crippen LogP contribution in [-0.2, 0) is 19.2 Å². The molecule has 0 amide bonds. The quantitative estimate of drug-likeness (QED) is 0.452. The number of hydrogen-bond acceptors (Lipinski definition) is 6. The third-order valence-corrected chi connectivity index (χ3v) is 1.69. The molecule has 0 atom stereocenters. The van der Waals surface area contributed by atoms with Gasteiger partial charge in [-0.1, -0.05) is 0 Å².